The van der Waals surface area contributed by atoms with Crippen molar-refractivity contribution in [2.75, 3.05) is 14.2 Å². The first-order valence-electron chi connectivity index (χ1n) is 9.22. The van der Waals surface area contributed by atoms with Gasteiger partial charge >= 0.3 is 0 Å². The molecule has 1 aromatic heterocycles. The van der Waals surface area contributed by atoms with Crippen LogP contribution in [-0.2, 0) is 12.8 Å². The number of ether oxygens (including phenoxy) is 2. The molecule has 0 saturated carbocycles. The van der Waals surface area contributed by atoms with Crippen molar-refractivity contribution < 1.29 is 14.3 Å². The highest BCUT2D eigenvalue weighted by atomic mass is 16.5. The molecule has 27 heavy (non-hydrogen) atoms. The second-order valence-corrected chi connectivity index (χ2v) is 7.11. The molecular weight excluding hydrogens is 340 g/mol. The van der Waals surface area contributed by atoms with Gasteiger partial charge in [-0.25, -0.2) is 0 Å². The molecule has 3 aromatic rings. The molecular formula is C22H24N2O3. The zero-order chi connectivity index (χ0) is 19.0. The number of benzene rings is 2. The number of rotatable bonds is 4. The van der Waals surface area contributed by atoms with Crippen LogP contribution in [-0.4, -0.2) is 31.2 Å². The zero-order valence-corrected chi connectivity index (χ0v) is 15.9. The van der Waals surface area contributed by atoms with Crippen LogP contribution in [0.2, 0.25) is 0 Å². The molecule has 1 heterocycles. The summed E-state index contributed by atoms with van der Waals surface area (Å²) in [5.74, 6) is 1.09. The van der Waals surface area contributed by atoms with E-state index in [-0.39, 0.29) is 11.9 Å². The smallest absolute Gasteiger partial charge is 0.251 e. The summed E-state index contributed by atoms with van der Waals surface area (Å²) in [4.78, 5) is 16.2. The number of carbonyl (C=O) groups is 1. The molecule has 0 saturated heterocycles. The first-order valence-corrected chi connectivity index (χ1v) is 9.22. The number of carbonyl (C=O) groups excluding carboxylic acids is 1. The van der Waals surface area contributed by atoms with Gasteiger partial charge in [-0.1, -0.05) is 11.6 Å². The second kappa shape index (κ2) is 6.99. The van der Waals surface area contributed by atoms with Crippen LogP contribution in [0.15, 0.2) is 36.4 Å². The minimum atomic E-state index is -0.0867. The second-order valence-electron chi connectivity index (χ2n) is 7.11. The molecule has 5 nitrogen and oxygen atoms in total. The molecule has 1 aliphatic rings. The lowest BCUT2D eigenvalue weighted by atomic mass is 9.91. The van der Waals surface area contributed by atoms with Crippen LogP contribution in [0.25, 0.3) is 10.9 Å². The maximum atomic E-state index is 12.7. The van der Waals surface area contributed by atoms with E-state index in [0.717, 1.165) is 19.3 Å². The molecule has 4 rings (SSSR count). The van der Waals surface area contributed by atoms with Crippen LogP contribution in [0.3, 0.4) is 0 Å². The fourth-order valence-corrected chi connectivity index (χ4v) is 3.91. The molecule has 0 radical (unpaired) electrons. The number of hydrogen-bond donors (Lipinski definition) is 2. The summed E-state index contributed by atoms with van der Waals surface area (Å²) < 4.78 is 10.5. The highest BCUT2D eigenvalue weighted by Crippen LogP contribution is 2.31. The predicted molar refractivity (Wildman–Crippen MR) is 106 cm³/mol. The number of hydrogen-bond acceptors (Lipinski definition) is 3. The maximum Gasteiger partial charge on any atom is 0.251 e. The third-order valence-corrected chi connectivity index (χ3v) is 5.32. The Balaban J connectivity index is 1.51. The van der Waals surface area contributed by atoms with Crippen molar-refractivity contribution in [3.8, 4) is 11.5 Å². The van der Waals surface area contributed by atoms with E-state index in [9.17, 15) is 4.79 Å². The minimum absolute atomic E-state index is 0.0867. The Morgan fingerprint density at radius 1 is 1.11 bits per heavy atom. The fraction of sp³-hybridized carbons (Fsp3) is 0.318. The Kier molecular flexibility index (Phi) is 4.52. The largest absolute Gasteiger partial charge is 0.493 e. The minimum Gasteiger partial charge on any atom is -0.493 e. The number of methoxy groups -OCH3 is 2. The van der Waals surface area contributed by atoms with Gasteiger partial charge in [-0.05, 0) is 55.7 Å². The van der Waals surface area contributed by atoms with Gasteiger partial charge < -0.3 is 19.8 Å². The van der Waals surface area contributed by atoms with Crippen LogP contribution in [0.4, 0.5) is 0 Å². The van der Waals surface area contributed by atoms with Gasteiger partial charge in [0.1, 0.15) is 0 Å². The molecule has 1 aliphatic carbocycles. The Hall–Kier alpha value is -2.95. The van der Waals surface area contributed by atoms with Crippen LogP contribution in [0, 0.1) is 6.92 Å². The normalized spacial score (nSPS) is 16.0. The van der Waals surface area contributed by atoms with Crippen molar-refractivity contribution in [2.24, 2.45) is 0 Å². The van der Waals surface area contributed by atoms with E-state index in [0.29, 0.717) is 17.1 Å². The van der Waals surface area contributed by atoms with E-state index in [1.807, 2.05) is 0 Å². The lowest BCUT2D eigenvalue weighted by Crippen LogP contribution is -2.38. The van der Waals surface area contributed by atoms with E-state index in [1.165, 1.54) is 27.7 Å². The number of aromatic nitrogens is 1. The van der Waals surface area contributed by atoms with Gasteiger partial charge in [-0.2, -0.15) is 0 Å². The number of aryl methyl sites for hydroxylation is 2. The fourth-order valence-electron chi connectivity index (χ4n) is 3.91. The highest BCUT2D eigenvalue weighted by Gasteiger charge is 2.24. The van der Waals surface area contributed by atoms with Crippen LogP contribution < -0.4 is 14.8 Å². The Morgan fingerprint density at radius 3 is 2.70 bits per heavy atom. The van der Waals surface area contributed by atoms with Gasteiger partial charge in [0.05, 0.1) is 14.2 Å². The molecule has 2 aromatic carbocycles. The van der Waals surface area contributed by atoms with E-state index in [4.69, 9.17) is 9.47 Å². The van der Waals surface area contributed by atoms with Crippen LogP contribution in [0.1, 0.15) is 33.6 Å². The number of nitrogens with one attached hydrogen (secondary N) is 2. The first kappa shape index (κ1) is 17.5. The van der Waals surface area contributed by atoms with E-state index < -0.39 is 0 Å². The van der Waals surface area contributed by atoms with Gasteiger partial charge in [-0.15, -0.1) is 0 Å². The number of aromatic amines is 1. The lowest BCUT2D eigenvalue weighted by Gasteiger charge is -2.23. The number of H-pyrrole nitrogens is 1. The standard InChI is InChI=1S/C22H24N2O3/c1-13-4-8-18-17(10-13)16-7-6-15(12-19(16)24-18)23-22(25)14-5-9-20(26-2)21(11-14)27-3/h4-5,8-11,15,24H,6-7,12H2,1-3H3,(H,23,25). The molecule has 0 fully saturated rings. The molecule has 140 valence electrons. The SMILES string of the molecule is COc1ccc(C(=O)NC2CCc3c([nH]c4ccc(C)cc34)C2)cc1OC. The van der Waals surface area contributed by atoms with Crippen molar-refractivity contribution in [2.45, 2.75) is 32.2 Å². The van der Waals surface area contributed by atoms with Crippen molar-refractivity contribution in [1.29, 1.82) is 0 Å². The summed E-state index contributed by atoms with van der Waals surface area (Å²) in [5, 5.41) is 4.48. The van der Waals surface area contributed by atoms with Crippen LogP contribution in [0.5, 0.6) is 11.5 Å². The van der Waals surface area contributed by atoms with Crippen LogP contribution >= 0.6 is 0 Å². The molecule has 1 amide bonds. The summed E-state index contributed by atoms with van der Waals surface area (Å²) in [6.45, 7) is 2.12. The van der Waals surface area contributed by atoms with Crippen molar-refractivity contribution >= 4 is 16.8 Å². The Bertz CT molecular complexity index is 1010. The lowest BCUT2D eigenvalue weighted by molar-refractivity contribution is 0.0933. The van der Waals surface area contributed by atoms with E-state index >= 15 is 0 Å². The topological polar surface area (TPSA) is 63.3 Å². The van der Waals surface area contributed by atoms with Crippen molar-refractivity contribution in [3.63, 3.8) is 0 Å². The molecule has 0 spiro atoms. The zero-order valence-electron chi connectivity index (χ0n) is 15.9. The Labute approximate surface area is 158 Å². The molecule has 1 unspecified atom stereocenters. The third kappa shape index (κ3) is 3.25. The quantitative estimate of drug-likeness (QED) is 0.740. The average molecular weight is 364 g/mol. The monoisotopic (exact) mass is 364 g/mol. The molecule has 0 bridgehead atoms. The maximum absolute atomic E-state index is 12.7. The summed E-state index contributed by atoms with van der Waals surface area (Å²) in [6.07, 6.45) is 2.73. The molecule has 2 N–H and O–H groups in total. The van der Waals surface area contributed by atoms with Gasteiger partial charge in [0.2, 0.25) is 0 Å². The summed E-state index contributed by atoms with van der Waals surface area (Å²) >= 11 is 0. The predicted octanol–water partition coefficient (Wildman–Crippen LogP) is 3.78. The molecule has 5 heteroatoms. The van der Waals surface area contributed by atoms with Gasteiger partial charge in [0.25, 0.3) is 5.91 Å². The molecule has 0 aliphatic heterocycles. The summed E-state index contributed by atoms with van der Waals surface area (Å²) in [6, 6.07) is 11.9. The third-order valence-electron chi connectivity index (χ3n) is 5.32. The van der Waals surface area contributed by atoms with E-state index in [2.05, 4.69) is 35.4 Å². The Morgan fingerprint density at radius 2 is 1.93 bits per heavy atom. The van der Waals surface area contributed by atoms with Gasteiger partial charge in [0.15, 0.2) is 11.5 Å². The summed E-state index contributed by atoms with van der Waals surface area (Å²) in [7, 11) is 3.15. The highest BCUT2D eigenvalue weighted by molar-refractivity contribution is 5.95. The van der Waals surface area contributed by atoms with Gasteiger partial charge in [-0.3, -0.25) is 4.79 Å². The van der Waals surface area contributed by atoms with Crippen molar-refractivity contribution in [3.05, 3.63) is 58.8 Å². The summed E-state index contributed by atoms with van der Waals surface area (Å²) in [5.41, 5.74) is 5.65. The average Bonchev–Trinajstić information content (AvgIpc) is 3.04. The number of fused-ring (bicyclic) bond motifs is 3. The number of amides is 1. The molecule has 1 atom stereocenters. The van der Waals surface area contributed by atoms with Crippen molar-refractivity contribution in [1.82, 2.24) is 10.3 Å². The first-order chi connectivity index (χ1) is 13.1. The van der Waals surface area contributed by atoms with Gasteiger partial charge in [0, 0.05) is 34.6 Å². The van der Waals surface area contributed by atoms with E-state index in [1.54, 1.807) is 32.4 Å².